The summed E-state index contributed by atoms with van der Waals surface area (Å²) < 4.78 is 29.4. The van der Waals surface area contributed by atoms with Crippen molar-refractivity contribution in [3.8, 4) is 0 Å². The minimum atomic E-state index is -3.51. The van der Waals surface area contributed by atoms with Gasteiger partial charge < -0.3 is 9.92 Å². The van der Waals surface area contributed by atoms with E-state index in [9.17, 15) is 18.0 Å². The van der Waals surface area contributed by atoms with Gasteiger partial charge in [-0.15, -0.1) is 0 Å². The zero-order chi connectivity index (χ0) is 22.3. The Hall–Kier alpha value is -2.44. The van der Waals surface area contributed by atoms with Gasteiger partial charge in [0.25, 0.3) is 5.91 Å². The van der Waals surface area contributed by atoms with Crippen molar-refractivity contribution in [3.05, 3.63) is 53.6 Å². The Bertz CT molecular complexity index is 1180. The van der Waals surface area contributed by atoms with Crippen LogP contribution >= 0.6 is 20.2 Å². The number of amides is 2. The van der Waals surface area contributed by atoms with Gasteiger partial charge in [0.2, 0.25) is 11.1 Å². The third kappa shape index (κ3) is 3.82. The number of nitrogens with two attached hydrogens (primary N) is 1. The second-order valence-corrected chi connectivity index (χ2v) is 11.6. The molecule has 3 rings (SSSR count). The fourth-order valence-electron chi connectivity index (χ4n) is 2.77. The summed E-state index contributed by atoms with van der Waals surface area (Å²) in [6.45, 7) is 0. The van der Waals surface area contributed by atoms with E-state index in [4.69, 9.17) is 25.4 Å². The molecule has 1 atom stereocenters. The first-order valence-corrected chi connectivity index (χ1v) is 12.6. The lowest BCUT2D eigenvalue weighted by Gasteiger charge is -2.32. The largest absolute Gasteiger partial charge is 0.366 e. The Morgan fingerprint density at radius 3 is 2.37 bits per heavy atom. The van der Waals surface area contributed by atoms with Gasteiger partial charge in [0.05, 0.1) is 29.7 Å². The number of carbonyl (C=O) groups is 2. The number of aliphatic imine (C=N–C) groups is 1. The van der Waals surface area contributed by atoms with Crippen molar-refractivity contribution >= 4 is 52.7 Å². The summed E-state index contributed by atoms with van der Waals surface area (Å²) >= 11 is 0. The quantitative estimate of drug-likeness (QED) is 0.667. The molecule has 9 nitrogen and oxygen atoms in total. The molecule has 160 valence electrons. The summed E-state index contributed by atoms with van der Waals surface area (Å²) in [7, 11) is 2.94. The average molecular weight is 472 g/mol. The summed E-state index contributed by atoms with van der Waals surface area (Å²) in [6.07, 6.45) is 1.07. The lowest BCUT2D eigenvalue weighted by atomic mass is 10.1. The number of hydrogen-bond acceptors (Lipinski definition) is 7. The Morgan fingerprint density at radius 2 is 1.80 bits per heavy atom. The molecule has 0 bridgehead atoms. The van der Waals surface area contributed by atoms with Gasteiger partial charge in [-0.1, -0.05) is 6.07 Å². The van der Waals surface area contributed by atoms with Gasteiger partial charge in [0, 0.05) is 26.9 Å². The lowest BCUT2D eigenvalue weighted by molar-refractivity contribution is -0.0382. The highest BCUT2D eigenvalue weighted by Gasteiger charge is 2.44. The first kappa shape index (κ1) is 22.2. The molecule has 0 saturated heterocycles. The van der Waals surface area contributed by atoms with Crippen LogP contribution in [0.1, 0.15) is 20.7 Å². The van der Waals surface area contributed by atoms with Crippen LogP contribution in [0.5, 0.6) is 0 Å². The minimum Gasteiger partial charge on any atom is -0.366 e. The van der Waals surface area contributed by atoms with Gasteiger partial charge in [-0.2, -0.15) is 5.06 Å². The van der Waals surface area contributed by atoms with E-state index in [0.29, 0.717) is 10.6 Å². The molecule has 1 aliphatic heterocycles. The maximum absolute atomic E-state index is 13.1. The first-order valence-electron chi connectivity index (χ1n) is 8.32. The molecule has 1 heterocycles. The van der Waals surface area contributed by atoms with E-state index in [2.05, 4.69) is 4.99 Å². The molecule has 0 aliphatic carbocycles. The van der Waals surface area contributed by atoms with E-state index in [1.807, 2.05) is 0 Å². The maximum atomic E-state index is 13.1. The number of sulfone groups is 1. The summed E-state index contributed by atoms with van der Waals surface area (Å²) in [5.41, 5.74) is 5.88. The molecular formula is C18H18ClN3O6S2. The van der Waals surface area contributed by atoms with Crippen molar-refractivity contribution in [2.24, 2.45) is 10.7 Å². The van der Waals surface area contributed by atoms with E-state index >= 15 is 0 Å². The second kappa shape index (κ2) is 8.00. The SMILES string of the molecule is CON(C(=O)c1cccc(C(N)=O)c1)C1=Nc2ccc(S(C)(=O)=O)cc2S1(Cl)OC. The minimum absolute atomic E-state index is 0.0377. The van der Waals surface area contributed by atoms with Crippen molar-refractivity contribution in [2.75, 3.05) is 20.5 Å². The van der Waals surface area contributed by atoms with Crippen LogP contribution in [0.3, 0.4) is 0 Å². The summed E-state index contributed by atoms with van der Waals surface area (Å²) in [4.78, 5) is 34.5. The highest BCUT2D eigenvalue weighted by Crippen LogP contribution is 2.69. The standard InChI is InChI=1S/C18H18ClN3O6S2/c1-27-22(17(24)12-6-4-5-11(9-12)16(20)23)18-21-14-8-7-13(29(3,25)26)10-15(14)30(18,19)28-2/h4-10H,1-3H3,(H2,20,23). The van der Waals surface area contributed by atoms with Crippen LogP contribution in [0.2, 0.25) is 0 Å². The molecule has 2 amide bonds. The lowest BCUT2D eigenvalue weighted by Crippen LogP contribution is -2.37. The molecule has 2 N–H and O–H groups in total. The number of amidine groups is 1. The molecule has 1 aliphatic rings. The predicted octanol–water partition coefficient (Wildman–Crippen LogP) is 2.77. The predicted molar refractivity (Wildman–Crippen MR) is 114 cm³/mol. The Kier molecular flexibility index (Phi) is 5.94. The monoisotopic (exact) mass is 471 g/mol. The molecular weight excluding hydrogens is 454 g/mol. The number of hydrogen-bond donors (Lipinski definition) is 1. The van der Waals surface area contributed by atoms with Gasteiger partial charge in [-0.25, -0.2) is 13.4 Å². The van der Waals surface area contributed by atoms with E-state index in [0.717, 1.165) is 11.3 Å². The van der Waals surface area contributed by atoms with Crippen LogP contribution < -0.4 is 5.73 Å². The van der Waals surface area contributed by atoms with E-state index in [1.54, 1.807) is 0 Å². The van der Waals surface area contributed by atoms with Crippen LogP contribution in [0.15, 0.2) is 57.2 Å². The Morgan fingerprint density at radius 1 is 1.13 bits per heavy atom. The van der Waals surface area contributed by atoms with Crippen LogP contribution in [-0.4, -0.2) is 50.9 Å². The van der Waals surface area contributed by atoms with Crippen molar-refractivity contribution in [3.63, 3.8) is 0 Å². The molecule has 1 unspecified atom stereocenters. The zero-order valence-electron chi connectivity index (χ0n) is 16.2. The molecule has 0 radical (unpaired) electrons. The number of benzene rings is 2. The van der Waals surface area contributed by atoms with Gasteiger partial charge in [0.15, 0.2) is 9.84 Å². The smallest absolute Gasteiger partial charge is 0.284 e. The number of fused-ring (bicyclic) bond motifs is 1. The molecule has 0 aromatic heterocycles. The molecule has 0 fully saturated rings. The molecule has 0 spiro atoms. The van der Waals surface area contributed by atoms with E-state index in [1.165, 1.54) is 56.7 Å². The fraction of sp³-hybridized carbons (Fsp3) is 0.167. The van der Waals surface area contributed by atoms with Crippen molar-refractivity contribution in [1.82, 2.24) is 5.06 Å². The van der Waals surface area contributed by atoms with Gasteiger partial charge in [0.1, 0.15) is 0 Å². The topological polar surface area (TPSA) is 128 Å². The fourth-order valence-corrected chi connectivity index (χ4v) is 5.93. The third-order valence-electron chi connectivity index (χ3n) is 4.26. The van der Waals surface area contributed by atoms with Gasteiger partial charge >= 0.3 is 0 Å². The first-order chi connectivity index (χ1) is 14.0. The van der Waals surface area contributed by atoms with Crippen molar-refractivity contribution < 1.29 is 27.0 Å². The molecule has 0 saturated carbocycles. The van der Waals surface area contributed by atoms with Gasteiger partial charge in [-0.3, -0.25) is 14.4 Å². The van der Waals surface area contributed by atoms with Crippen LogP contribution in [0, 0.1) is 0 Å². The van der Waals surface area contributed by atoms with Gasteiger partial charge in [-0.05, 0) is 47.1 Å². The summed E-state index contributed by atoms with van der Waals surface area (Å²) in [5.74, 6) is -1.35. The highest BCUT2D eigenvalue weighted by molar-refractivity contribution is 8.58. The normalized spacial score (nSPS) is 20.1. The number of nitrogens with zero attached hydrogens (tertiary/aromatic N) is 2. The van der Waals surface area contributed by atoms with Crippen LogP contribution in [-0.2, 0) is 18.9 Å². The van der Waals surface area contributed by atoms with E-state index in [-0.39, 0.29) is 21.2 Å². The second-order valence-electron chi connectivity index (χ2n) is 6.18. The van der Waals surface area contributed by atoms with Crippen LogP contribution in [0.25, 0.3) is 0 Å². The number of carbonyl (C=O) groups excluding carboxylic acids is 2. The number of primary amides is 1. The Balaban J connectivity index is 2.07. The molecule has 12 heteroatoms. The van der Waals surface area contributed by atoms with E-state index < -0.39 is 31.2 Å². The molecule has 30 heavy (non-hydrogen) atoms. The number of rotatable bonds is 5. The number of hydroxylamine groups is 2. The van der Waals surface area contributed by atoms with Crippen molar-refractivity contribution in [2.45, 2.75) is 9.79 Å². The maximum Gasteiger partial charge on any atom is 0.284 e. The number of halogens is 1. The average Bonchev–Trinajstić information content (AvgIpc) is 3.00. The van der Waals surface area contributed by atoms with Crippen LogP contribution in [0.4, 0.5) is 5.69 Å². The Labute approximate surface area is 179 Å². The summed E-state index contributed by atoms with van der Waals surface area (Å²) in [6, 6.07) is 10.0. The zero-order valence-corrected chi connectivity index (χ0v) is 18.5. The highest BCUT2D eigenvalue weighted by atomic mass is 35.7. The molecule has 2 aromatic carbocycles. The van der Waals surface area contributed by atoms with Crippen molar-refractivity contribution in [1.29, 1.82) is 0 Å². The summed E-state index contributed by atoms with van der Waals surface area (Å²) in [5, 5.41) is 0.816. The molecule has 2 aromatic rings. The third-order valence-corrected chi connectivity index (χ3v) is 8.74.